The smallest absolute Gasteiger partial charge is 0.338 e. The molecule has 4 rings (SSSR count). The first-order valence-corrected chi connectivity index (χ1v) is 18.2. The van der Waals surface area contributed by atoms with Crippen molar-refractivity contribution < 1.29 is 37.1 Å². The maximum absolute atomic E-state index is 15.5. The third-order valence-corrected chi connectivity index (χ3v) is 13.2. The Kier molecular flexibility index (Phi) is 11.1. The van der Waals surface area contributed by atoms with E-state index in [1.807, 2.05) is 33.9 Å². The van der Waals surface area contributed by atoms with Gasteiger partial charge in [0.25, 0.3) is 6.43 Å². The van der Waals surface area contributed by atoms with Crippen LogP contribution in [-0.4, -0.2) is 74.9 Å². The maximum Gasteiger partial charge on any atom is 0.338 e. The van der Waals surface area contributed by atoms with Crippen LogP contribution in [0.3, 0.4) is 0 Å². The average molecular weight is 653 g/mol. The van der Waals surface area contributed by atoms with Gasteiger partial charge in [0.05, 0.1) is 11.1 Å². The van der Waals surface area contributed by atoms with Gasteiger partial charge in [-0.15, -0.1) is 0 Å². The summed E-state index contributed by atoms with van der Waals surface area (Å²) in [5.74, 6) is -2.26. The topological polar surface area (TPSA) is 94.2 Å². The molecule has 1 fully saturated rings. The Bertz CT molecular complexity index is 1470. The highest BCUT2D eigenvalue weighted by atomic mass is 28.4. The molecule has 11 heteroatoms. The van der Waals surface area contributed by atoms with Crippen molar-refractivity contribution in [2.75, 3.05) is 7.05 Å². The molecular formula is C35H42F2N2O6Si. The summed E-state index contributed by atoms with van der Waals surface area (Å²) in [7, 11) is -1.46. The second kappa shape index (κ2) is 14.7. The third kappa shape index (κ3) is 7.88. The molecule has 0 saturated carbocycles. The first-order valence-electron chi connectivity index (χ1n) is 15.2. The van der Waals surface area contributed by atoms with Crippen molar-refractivity contribution in [1.82, 2.24) is 10.2 Å². The number of alkyl halides is 2. The van der Waals surface area contributed by atoms with Crippen molar-refractivity contribution in [3.05, 3.63) is 108 Å². The summed E-state index contributed by atoms with van der Waals surface area (Å²) in [6.45, 7) is 9.63. The summed E-state index contributed by atoms with van der Waals surface area (Å²) in [6.07, 6.45) is -7.55. The van der Waals surface area contributed by atoms with Crippen molar-refractivity contribution in [2.24, 2.45) is 0 Å². The number of hydrogen-bond donors (Lipinski definition) is 1. The number of carbonyl (C=O) groups excluding carboxylic acids is 3. The Labute approximate surface area is 270 Å². The number of carbonyl (C=O) groups is 3. The largest absolute Gasteiger partial charge is 0.454 e. The Morgan fingerprint density at radius 1 is 0.783 bits per heavy atom. The molecule has 3 aromatic carbocycles. The van der Waals surface area contributed by atoms with Gasteiger partial charge in [-0.3, -0.25) is 9.69 Å². The fourth-order valence-electron chi connectivity index (χ4n) is 5.31. The van der Waals surface area contributed by atoms with E-state index in [4.69, 9.17) is 13.9 Å². The highest BCUT2D eigenvalue weighted by Crippen LogP contribution is 2.42. The van der Waals surface area contributed by atoms with E-state index in [1.54, 1.807) is 78.9 Å². The van der Waals surface area contributed by atoms with Gasteiger partial charge >= 0.3 is 11.9 Å². The molecule has 1 aliphatic heterocycles. The monoisotopic (exact) mass is 652 g/mol. The minimum absolute atomic E-state index is 0.125. The molecule has 0 aromatic heterocycles. The number of nitrogens with zero attached hydrogens (tertiary/aromatic N) is 1. The highest BCUT2D eigenvalue weighted by Gasteiger charge is 2.60. The zero-order chi connectivity index (χ0) is 33.6. The van der Waals surface area contributed by atoms with E-state index in [0.717, 1.165) is 0 Å². The molecule has 1 aliphatic rings. The lowest BCUT2D eigenvalue weighted by atomic mass is 9.86. The summed E-state index contributed by atoms with van der Waals surface area (Å²) in [5.41, 5.74) is 0.988. The lowest BCUT2D eigenvalue weighted by Crippen LogP contribution is -2.74. The number of ether oxygens (including phenoxy) is 2. The van der Waals surface area contributed by atoms with Gasteiger partial charge in [0.1, 0.15) is 18.2 Å². The molecule has 0 spiro atoms. The van der Waals surface area contributed by atoms with Crippen LogP contribution in [-0.2, 0) is 25.2 Å². The van der Waals surface area contributed by atoms with Gasteiger partial charge in [0, 0.05) is 13.6 Å². The quantitative estimate of drug-likeness (QED) is 0.209. The van der Waals surface area contributed by atoms with Crippen molar-refractivity contribution in [2.45, 2.75) is 82.3 Å². The molecule has 0 radical (unpaired) electrons. The number of amides is 1. The van der Waals surface area contributed by atoms with Gasteiger partial charge in [0.15, 0.2) is 20.5 Å². The average Bonchev–Trinajstić information content (AvgIpc) is 3.03. The molecule has 3 aromatic rings. The normalized spacial score (nSPS) is 22.2. The second-order valence-corrected chi connectivity index (χ2v) is 17.6. The van der Waals surface area contributed by atoms with Crippen molar-refractivity contribution >= 4 is 26.2 Å². The van der Waals surface area contributed by atoms with E-state index < -0.39 is 68.0 Å². The number of likely N-dealkylation sites (N-methyl/N-ethyl adjacent to an activating group) is 1. The van der Waals surface area contributed by atoms with Crippen LogP contribution in [0.2, 0.25) is 18.1 Å². The van der Waals surface area contributed by atoms with E-state index >= 15 is 8.78 Å². The number of hydrogen-bond acceptors (Lipinski definition) is 7. The van der Waals surface area contributed by atoms with Gasteiger partial charge in [-0.1, -0.05) is 87.5 Å². The minimum Gasteiger partial charge on any atom is -0.454 e. The van der Waals surface area contributed by atoms with Crippen LogP contribution >= 0.6 is 0 Å². The van der Waals surface area contributed by atoms with E-state index in [-0.39, 0.29) is 17.7 Å². The molecule has 0 unspecified atom stereocenters. The van der Waals surface area contributed by atoms with Gasteiger partial charge < -0.3 is 19.2 Å². The van der Waals surface area contributed by atoms with Crippen molar-refractivity contribution in [1.29, 1.82) is 0 Å². The molecule has 0 bridgehead atoms. The number of piperidine rings is 1. The zero-order valence-electron chi connectivity index (χ0n) is 27.0. The van der Waals surface area contributed by atoms with E-state index in [1.165, 1.54) is 24.1 Å². The Morgan fingerprint density at radius 3 is 1.67 bits per heavy atom. The first kappa shape index (κ1) is 34.9. The van der Waals surface area contributed by atoms with E-state index in [2.05, 4.69) is 5.32 Å². The predicted molar refractivity (Wildman–Crippen MR) is 173 cm³/mol. The fraction of sp³-hybridized carbons (Fsp3) is 0.400. The molecule has 1 heterocycles. The number of esters is 2. The fourth-order valence-corrected chi connectivity index (χ4v) is 6.61. The van der Waals surface area contributed by atoms with Gasteiger partial charge in [0.2, 0.25) is 5.91 Å². The number of rotatable bonds is 10. The predicted octanol–water partition coefficient (Wildman–Crippen LogP) is 6.09. The SMILES string of the molecule is CNC(=O)[C@@H]1[C@@H](OC(=O)c2ccccc2)[C@@H](O[Si](C)(C)C(C)(C)C)[C@H](OC(=O)c2ccccc2)[C@@H](C(F)F)N1Cc1ccccc1. The maximum atomic E-state index is 15.5. The molecule has 1 amide bonds. The summed E-state index contributed by atoms with van der Waals surface area (Å²) < 4.78 is 49.9. The number of halogens is 2. The molecule has 46 heavy (non-hydrogen) atoms. The first-order chi connectivity index (χ1) is 21.7. The number of benzene rings is 3. The number of likely N-dealkylation sites (tertiary alicyclic amines) is 1. The van der Waals surface area contributed by atoms with Gasteiger partial charge in [-0.05, 0) is 48.0 Å². The van der Waals surface area contributed by atoms with E-state index in [9.17, 15) is 14.4 Å². The molecule has 8 nitrogen and oxygen atoms in total. The Morgan fingerprint density at radius 2 is 1.24 bits per heavy atom. The standard InChI is InChI=1S/C35H42F2N2O6Si/c1-35(2,3)46(5,6)45-30-28(43-33(41)24-18-12-8-13-19-24)26(31(36)37)39(22-23-16-10-7-11-17-23)27(32(40)38-4)29(30)44-34(42)25-20-14-9-15-21-25/h7-21,26-31H,22H2,1-6H3,(H,38,40)/t26-,27-,28+,29+,30-/m0/s1. The lowest BCUT2D eigenvalue weighted by molar-refractivity contribution is -0.192. The molecular weight excluding hydrogens is 610 g/mol. The van der Waals surface area contributed by atoms with Crippen LogP contribution in [0.1, 0.15) is 47.1 Å². The summed E-state index contributed by atoms with van der Waals surface area (Å²) in [4.78, 5) is 42.3. The minimum atomic E-state index is -3.08. The lowest BCUT2D eigenvalue weighted by Gasteiger charge is -2.53. The van der Waals surface area contributed by atoms with Crippen LogP contribution < -0.4 is 5.32 Å². The van der Waals surface area contributed by atoms with Crippen LogP contribution in [0, 0.1) is 0 Å². The molecule has 246 valence electrons. The second-order valence-electron chi connectivity index (χ2n) is 12.9. The van der Waals surface area contributed by atoms with Gasteiger partial charge in [-0.25, -0.2) is 18.4 Å². The van der Waals surface area contributed by atoms with Crippen LogP contribution in [0.15, 0.2) is 91.0 Å². The van der Waals surface area contributed by atoms with Crippen molar-refractivity contribution in [3.63, 3.8) is 0 Å². The molecule has 1 saturated heterocycles. The summed E-state index contributed by atoms with van der Waals surface area (Å²) in [6, 6.07) is 21.8. The Balaban J connectivity index is 1.94. The van der Waals surface area contributed by atoms with Crippen LogP contribution in [0.25, 0.3) is 0 Å². The van der Waals surface area contributed by atoms with Gasteiger partial charge in [-0.2, -0.15) is 0 Å². The molecule has 1 N–H and O–H groups in total. The zero-order valence-corrected chi connectivity index (χ0v) is 28.0. The Hall–Kier alpha value is -3.93. The number of nitrogens with one attached hydrogen (secondary N) is 1. The van der Waals surface area contributed by atoms with E-state index in [0.29, 0.717) is 5.56 Å². The molecule has 5 atom stereocenters. The van der Waals surface area contributed by atoms with Crippen LogP contribution in [0.5, 0.6) is 0 Å². The summed E-state index contributed by atoms with van der Waals surface area (Å²) >= 11 is 0. The summed E-state index contributed by atoms with van der Waals surface area (Å²) in [5, 5.41) is 2.16. The molecule has 0 aliphatic carbocycles. The third-order valence-electron chi connectivity index (χ3n) is 8.76. The van der Waals surface area contributed by atoms with Crippen molar-refractivity contribution in [3.8, 4) is 0 Å². The van der Waals surface area contributed by atoms with Crippen LogP contribution in [0.4, 0.5) is 8.78 Å². The highest BCUT2D eigenvalue weighted by molar-refractivity contribution is 6.74.